The van der Waals surface area contributed by atoms with Crippen molar-refractivity contribution < 1.29 is 14.6 Å². The molecule has 0 saturated heterocycles. The summed E-state index contributed by atoms with van der Waals surface area (Å²) >= 11 is 5.89. The van der Waals surface area contributed by atoms with Gasteiger partial charge >= 0.3 is 0 Å². The van der Waals surface area contributed by atoms with Crippen LogP contribution < -0.4 is 9.47 Å². The molecule has 0 unspecified atom stereocenters. The van der Waals surface area contributed by atoms with Crippen LogP contribution in [0.25, 0.3) is 11.3 Å². The van der Waals surface area contributed by atoms with Gasteiger partial charge in [-0.3, -0.25) is 5.10 Å². The molecule has 3 aromatic carbocycles. The molecule has 0 aliphatic carbocycles. The Bertz CT molecular complexity index is 1110. The van der Waals surface area contributed by atoms with Crippen LogP contribution in [0, 0.1) is 6.92 Å². The number of nitrogens with one attached hydrogen (secondary N) is 1. The second kappa shape index (κ2) is 8.29. The largest absolute Gasteiger partial charge is 0.507 e. The Morgan fingerprint density at radius 1 is 0.966 bits per heavy atom. The van der Waals surface area contributed by atoms with Crippen molar-refractivity contribution in [3.63, 3.8) is 0 Å². The van der Waals surface area contributed by atoms with Crippen molar-refractivity contribution in [2.24, 2.45) is 0 Å². The Hall–Kier alpha value is -3.44. The van der Waals surface area contributed by atoms with Crippen molar-refractivity contribution in [1.82, 2.24) is 10.2 Å². The average Bonchev–Trinajstić information content (AvgIpc) is 3.17. The van der Waals surface area contributed by atoms with Crippen LogP contribution in [0.3, 0.4) is 0 Å². The molecule has 4 rings (SSSR count). The number of nitrogens with zero attached hydrogens (tertiary/aromatic N) is 1. The van der Waals surface area contributed by atoms with E-state index in [0.29, 0.717) is 40.1 Å². The van der Waals surface area contributed by atoms with Gasteiger partial charge in [0.05, 0.1) is 6.20 Å². The molecule has 1 heterocycles. The number of rotatable bonds is 6. The number of halogens is 1. The van der Waals surface area contributed by atoms with E-state index in [9.17, 15) is 5.11 Å². The lowest BCUT2D eigenvalue weighted by Crippen LogP contribution is -1.95. The Morgan fingerprint density at radius 2 is 1.69 bits per heavy atom. The summed E-state index contributed by atoms with van der Waals surface area (Å²) in [5.74, 6) is 1.85. The molecule has 4 aromatic rings. The van der Waals surface area contributed by atoms with Crippen LogP contribution in [-0.4, -0.2) is 15.3 Å². The maximum Gasteiger partial charge on any atom is 0.173 e. The number of aromatic hydroxyl groups is 1. The highest BCUT2D eigenvalue weighted by molar-refractivity contribution is 6.30. The molecule has 0 radical (unpaired) electrons. The van der Waals surface area contributed by atoms with Gasteiger partial charge in [-0.15, -0.1) is 0 Å². The van der Waals surface area contributed by atoms with E-state index in [1.807, 2.05) is 55.5 Å². The fourth-order valence-corrected chi connectivity index (χ4v) is 2.96. The average molecular weight is 407 g/mol. The first-order valence-corrected chi connectivity index (χ1v) is 9.45. The third kappa shape index (κ3) is 4.52. The lowest BCUT2D eigenvalue weighted by Gasteiger charge is -2.10. The summed E-state index contributed by atoms with van der Waals surface area (Å²) < 4.78 is 11.7. The number of aromatic nitrogens is 2. The van der Waals surface area contributed by atoms with Gasteiger partial charge in [0.2, 0.25) is 0 Å². The van der Waals surface area contributed by atoms with Gasteiger partial charge < -0.3 is 14.6 Å². The maximum atomic E-state index is 10.5. The van der Waals surface area contributed by atoms with E-state index in [1.54, 1.807) is 24.4 Å². The fourth-order valence-electron chi connectivity index (χ4n) is 2.84. The first kappa shape index (κ1) is 18.9. The molecule has 0 atom stereocenters. The molecule has 29 heavy (non-hydrogen) atoms. The molecule has 146 valence electrons. The summed E-state index contributed by atoms with van der Waals surface area (Å²) in [6, 6.07) is 20.3. The van der Waals surface area contributed by atoms with Gasteiger partial charge in [0.15, 0.2) is 5.75 Å². The summed E-state index contributed by atoms with van der Waals surface area (Å²) in [6.45, 7) is 2.39. The van der Waals surface area contributed by atoms with Crippen molar-refractivity contribution >= 4 is 11.6 Å². The summed E-state index contributed by atoms with van der Waals surface area (Å²) in [4.78, 5) is 0. The number of aromatic amines is 1. The van der Waals surface area contributed by atoms with Crippen LogP contribution >= 0.6 is 11.6 Å². The predicted molar refractivity (Wildman–Crippen MR) is 113 cm³/mol. The minimum Gasteiger partial charge on any atom is -0.507 e. The van der Waals surface area contributed by atoms with Gasteiger partial charge in [0.1, 0.15) is 29.5 Å². The van der Waals surface area contributed by atoms with Crippen LogP contribution in [0.2, 0.25) is 5.02 Å². The minimum atomic E-state index is 0.0663. The molecule has 1 aromatic heterocycles. The summed E-state index contributed by atoms with van der Waals surface area (Å²) in [5, 5.41) is 18.1. The zero-order valence-electron chi connectivity index (χ0n) is 15.7. The van der Waals surface area contributed by atoms with Gasteiger partial charge in [-0.25, -0.2) is 0 Å². The second-order valence-electron chi connectivity index (χ2n) is 6.62. The topological polar surface area (TPSA) is 67.4 Å². The molecule has 0 bridgehead atoms. The molecule has 0 amide bonds. The number of ether oxygens (including phenoxy) is 2. The number of phenols is 1. The molecule has 0 aliphatic rings. The molecular weight excluding hydrogens is 388 g/mol. The van der Waals surface area contributed by atoms with Gasteiger partial charge in [0.25, 0.3) is 0 Å². The molecule has 2 N–H and O–H groups in total. The van der Waals surface area contributed by atoms with Crippen LogP contribution in [0.15, 0.2) is 72.9 Å². The van der Waals surface area contributed by atoms with Crippen molar-refractivity contribution in [2.45, 2.75) is 13.5 Å². The SMILES string of the molecule is Cc1ccc(Oc2cn[nH]c2-c2ccc(OCc3ccc(Cl)cc3)cc2O)cc1. The third-order valence-electron chi connectivity index (χ3n) is 4.41. The molecule has 0 aliphatic heterocycles. The quantitative estimate of drug-likeness (QED) is 0.405. The highest BCUT2D eigenvalue weighted by Crippen LogP contribution is 2.38. The Labute approximate surface area is 173 Å². The van der Waals surface area contributed by atoms with Gasteiger partial charge in [-0.05, 0) is 48.9 Å². The number of hydrogen-bond donors (Lipinski definition) is 2. The number of hydrogen-bond acceptors (Lipinski definition) is 4. The van der Waals surface area contributed by atoms with E-state index in [4.69, 9.17) is 21.1 Å². The fraction of sp³-hybridized carbons (Fsp3) is 0.0870. The zero-order valence-corrected chi connectivity index (χ0v) is 16.5. The molecular formula is C23H19ClN2O3. The summed E-state index contributed by atoms with van der Waals surface area (Å²) in [6.07, 6.45) is 1.58. The third-order valence-corrected chi connectivity index (χ3v) is 4.66. The lowest BCUT2D eigenvalue weighted by molar-refractivity contribution is 0.304. The van der Waals surface area contributed by atoms with Crippen LogP contribution in [0.1, 0.15) is 11.1 Å². The molecule has 0 fully saturated rings. The summed E-state index contributed by atoms with van der Waals surface area (Å²) in [7, 11) is 0. The van der Waals surface area contributed by atoms with Gasteiger partial charge in [-0.1, -0.05) is 41.4 Å². The van der Waals surface area contributed by atoms with E-state index in [-0.39, 0.29) is 5.75 Å². The Kier molecular flexibility index (Phi) is 5.40. The number of benzene rings is 3. The summed E-state index contributed by atoms with van der Waals surface area (Å²) in [5.41, 5.74) is 3.30. The second-order valence-corrected chi connectivity index (χ2v) is 7.05. The van der Waals surface area contributed by atoms with Gasteiger partial charge in [0, 0.05) is 16.7 Å². The molecule has 0 saturated carbocycles. The van der Waals surface area contributed by atoms with E-state index in [1.165, 1.54) is 0 Å². The zero-order chi connectivity index (χ0) is 20.2. The standard InChI is InChI=1S/C23H19ClN2O3/c1-15-2-8-18(9-3-15)29-22-13-25-26-23(22)20-11-10-19(12-21(20)27)28-14-16-4-6-17(24)7-5-16/h2-13,27H,14H2,1H3,(H,25,26). The normalized spacial score (nSPS) is 10.7. The van der Waals surface area contributed by atoms with E-state index < -0.39 is 0 Å². The van der Waals surface area contributed by atoms with Crippen molar-refractivity contribution in [1.29, 1.82) is 0 Å². The monoisotopic (exact) mass is 406 g/mol. The first-order chi connectivity index (χ1) is 14.1. The number of H-pyrrole nitrogens is 1. The lowest BCUT2D eigenvalue weighted by atomic mass is 10.1. The first-order valence-electron chi connectivity index (χ1n) is 9.07. The molecule has 6 heteroatoms. The Morgan fingerprint density at radius 3 is 2.41 bits per heavy atom. The predicted octanol–water partition coefficient (Wildman–Crippen LogP) is 6.12. The highest BCUT2D eigenvalue weighted by atomic mass is 35.5. The van der Waals surface area contributed by atoms with Crippen molar-refractivity contribution in [3.05, 3.63) is 89.1 Å². The van der Waals surface area contributed by atoms with Crippen molar-refractivity contribution in [2.75, 3.05) is 0 Å². The molecule has 5 nitrogen and oxygen atoms in total. The highest BCUT2D eigenvalue weighted by Gasteiger charge is 2.15. The number of phenolic OH excluding ortho intramolecular Hbond substituents is 1. The minimum absolute atomic E-state index is 0.0663. The molecule has 0 spiro atoms. The smallest absolute Gasteiger partial charge is 0.173 e. The van der Waals surface area contributed by atoms with Crippen molar-refractivity contribution in [3.8, 4) is 34.3 Å². The van der Waals surface area contributed by atoms with E-state index in [0.717, 1.165) is 11.1 Å². The van der Waals surface area contributed by atoms with Crippen LogP contribution in [-0.2, 0) is 6.61 Å². The van der Waals surface area contributed by atoms with E-state index >= 15 is 0 Å². The van der Waals surface area contributed by atoms with Crippen LogP contribution in [0.5, 0.6) is 23.0 Å². The Balaban J connectivity index is 1.50. The number of aryl methyl sites for hydroxylation is 1. The van der Waals surface area contributed by atoms with Crippen LogP contribution in [0.4, 0.5) is 0 Å². The van der Waals surface area contributed by atoms with E-state index in [2.05, 4.69) is 10.2 Å². The maximum absolute atomic E-state index is 10.5. The van der Waals surface area contributed by atoms with Gasteiger partial charge in [-0.2, -0.15) is 5.10 Å².